The fourth-order valence-corrected chi connectivity index (χ4v) is 3.63. The molecule has 1 N–H and O–H groups in total. The summed E-state index contributed by atoms with van der Waals surface area (Å²) in [4.78, 5) is 38.5. The minimum absolute atomic E-state index is 0.00893. The maximum Gasteiger partial charge on any atom is 0.453 e. The second kappa shape index (κ2) is 11.1. The average Bonchev–Trinajstić information content (AvgIpc) is 2.88. The van der Waals surface area contributed by atoms with E-state index in [2.05, 4.69) is 5.32 Å². The third-order valence-electron chi connectivity index (χ3n) is 5.29. The predicted molar refractivity (Wildman–Crippen MR) is 138 cm³/mol. The van der Waals surface area contributed by atoms with Crippen LogP contribution in [0.3, 0.4) is 0 Å². The van der Waals surface area contributed by atoms with E-state index in [0.29, 0.717) is 5.56 Å². The quantitative estimate of drug-likeness (QED) is 0.207. The van der Waals surface area contributed by atoms with Crippen LogP contribution < -0.4 is 20.2 Å². The molecule has 0 saturated carbocycles. The van der Waals surface area contributed by atoms with Crippen LogP contribution in [-0.2, 0) is 15.7 Å². The molecule has 11 heteroatoms. The molecule has 0 bridgehead atoms. The first-order valence-corrected chi connectivity index (χ1v) is 12.0. The molecule has 4 aromatic rings. The first-order chi connectivity index (χ1) is 18.8. The van der Waals surface area contributed by atoms with E-state index in [1.54, 1.807) is 57.2 Å². The van der Waals surface area contributed by atoms with Crippen LogP contribution >= 0.6 is 0 Å². The normalized spacial score (nSPS) is 12.4. The van der Waals surface area contributed by atoms with Crippen LogP contribution in [-0.4, -0.2) is 17.7 Å². The Balaban J connectivity index is 1.68. The lowest BCUT2D eigenvalue weighted by Crippen LogP contribution is -2.39. The molecule has 0 aliphatic heterocycles. The number of halogens is 3. The predicted octanol–water partition coefficient (Wildman–Crippen LogP) is 6.78. The summed E-state index contributed by atoms with van der Waals surface area (Å²) in [6.45, 7) is 4.95. The minimum Gasteiger partial charge on any atom is -0.449 e. The Morgan fingerprint density at radius 3 is 2.10 bits per heavy atom. The van der Waals surface area contributed by atoms with Crippen LogP contribution in [0.15, 0.2) is 88.1 Å². The summed E-state index contributed by atoms with van der Waals surface area (Å²) < 4.78 is 62.5. The van der Waals surface area contributed by atoms with E-state index < -0.39 is 52.4 Å². The van der Waals surface area contributed by atoms with Gasteiger partial charge in [0.1, 0.15) is 22.7 Å². The molecule has 3 aromatic carbocycles. The number of ether oxygens (including phenoxy) is 3. The molecule has 208 valence electrons. The van der Waals surface area contributed by atoms with Gasteiger partial charge in [-0.1, -0.05) is 48.5 Å². The standard InChI is InChI=1S/C29H24F3NO7/c1-28(2,3)40-27(36)33-22(17-10-6-4-7-11-17)26(35)38-19-14-15-20-21(16-19)39-25(29(30,31)32)24(23(20)34)37-18-12-8-5-9-13-18/h4-16,22H,1-3H3,(H,33,36)/t22-/m1/s1. The van der Waals surface area contributed by atoms with E-state index in [1.807, 2.05) is 0 Å². The zero-order valence-electron chi connectivity index (χ0n) is 21.6. The lowest BCUT2D eigenvalue weighted by Gasteiger charge is -2.23. The van der Waals surface area contributed by atoms with Gasteiger partial charge in [0.05, 0.1) is 5.39 Å². The number of hydrogen-bond acceptors (Lipinski definition) is 7. The van der Waals surface area contributed by atoms with Crippen LogP contribution in [0.25, 0.3) is 11.0 Å². The number of para-hydroxylation sites is 1. The molecular formula is C29H24F3NO7. The van der Waals surface area contributed by atoms with Crippen LogP contribution in [0.5, 0.6) is 17.2 Å². The molecule has 0 aliphatic carbocycles. The van der Waals surface area contributed by atoms with Crippen molar-refractivity contribution in [1.29, 1.82) is 0 Å². The number of hydrogen-bond donors (Lipinski definition) is 1. The van der Waals surface area contributed by atoms with Gasteiger partial charge in [0.25, 0.3) is 5.76 Å². The Bertz CT molecular complexity index is 1580. The Hall–Kier alpha value is -4.80. The molecule has 1 atom stereocenters. The Morgan fingerprint density at radius 2 is 1.50 bits per heavy atom. The van der Waals surface area contributed by atoms with E-state index in [0.717, 1.165) is 12.1 Å². The van der Waals surface area contributed by atoms with Gasteiger partial charge in [0.15, 0.2) is 6.04 Å². The number of benzene rings is 3. The second-order valence-electron chi connectivity index (χ2n) is 9.57. The first-order valence-electron chi connectivity index (χ1n) is 12.0. The first kappa shape index (κ1) is 28.2. The van der Waals surface area contributed by atoms with Crippen molar-refractivity contribution in [2.24, 2.45) is 0 Å². The van der Waals surface area contributed by atoms with Crippen molar-refractivity contribution in [2.75, 3.05) is 0 Å². The fourth-order valence-electron chi connectivity index (χ4n) is 3.63. The van der Waals surface area contributed by atoms with Gasteiger partial charge < -0.3 is 23.9 Å². The minimum atomic E-state index is -5.07. The van der Waals surface area contributed by atoms with Crippen molar-refractivity contribution in [1.82, 2.24) is 5.32 Å². The van der Waals surface area contributed by atoms with Gasteiger partial charge in [-0.05, 0) is 50.6 Å². The molecule has 4 rings (SSSR count). The van der Waals surface area contributed by atoms with E-state index >= 15 is 0 Å². The summed E-state index contributed by atoms with van der Waals surface area (Å²) in [7, 11) is 0. The number of carbonyl (C=O) groups is 2. The zero-order chi connectivity index (χ0) is 29.1. The molecule has 40 heavy (non-hydrogen) atoms. The van der Waals surface area contributed by atoms with Gasteiger partial charge in [-0.15, -0.1) is 0 Å². The van der Waals surface area contributed by atoms with Gasteiger partial charge in [-0.25, -0.2) is 9.59 Å². The van der Waals surface area contributed by atoms with Crippen LogP contribution in [0.1, 0.15) is 38.1 Å². The molecule has 1 aromatic heterocycles. The van der Waals surface area contributed by atoms with Crippen molar-refractivity contribution in [2.45, 2.75) is 38.6 Å². The molecule has 0 aliphatic rings. The summed E-state index contributed by atoms with van der Waals surface area (Å²) in [6, 6.07) is 17.7. The van der Waals surface area contributed by atoms with Crippen LogP contribution in [0.2, 0.25) is 0 Å². The lowest BCUT2D eigenvalue weighted by molar-refractivity contribution is -0.154. The molecule has 0 fully saturated rings. The lowest BCUT2D eigenvalue weighted by atomic mass is 10.1. The van der Waals surface area contributed by atoms with Crippen molar-refractivity contribution in [3.05, 3.63) is 100 Å². The largest absolute Gasteiger partial charge is 0.453 e. The van der Waals surface area contributed by atoms with E-state index in [4.69, 9.17) is 18.6 Å². The summed E-state index contributed by atoms with van der Waals surface area (Å²) >= 11 is 0. The maximum absolute atomic E-state index is 13.9. The number of fused-ring (bicyclic) bond motifs is 1. The summed E-state index contributed by atoms with van der Waals surface area (Å²) in [6.07, 6.45) is -5.96. The highest BCUT2D eigenvalue weighted by Gasteiger charge is 2.40. The van der Waals surface area contributed by atoms with Crippen molar-refractivity contribution in [3.63, 3.8) is 0 Å². The fraction of sp³-hybridized carbons (Fsp3) is 0.207. The van der Waals surface area contributed by atoms with Gasteiger partial charge in [0.2, 0.25) is 11.2 Å². The number of amides is 1. The van der Waals surface area contributed by atoms with Gasteiger partial charge in [-0.2, -0.15) is 13.2 Å². The Kier molecular flexibility index (Phi) is 7.85. The number of nitrogens with one attached hydrogen (secondary N) is 1. The highest BCUT2D eigenvalue weighted by molar-refractivity contribution is 5.86. The van der Waals surface area contributed by atoms with Crippen molar-refractivity contribution < 1.29 is 41.4 Å². The average molecular weight is 556 g/mol. The molecule has 8 nitrogen and oxygen atoms in total. The van der Waals surface area contributed by atoms with Gasteiger partial charge >= 0.3 is 18.2 Å². The molecule has 1 amide bonds. The topological polar surface area (TPSA) is 104 Å². The summed E-state index contributed by atoms with van der Waals surface area (Å²) in [5.74, 6) is -3.85. The van der Waals surface area contributed by atoms with E-state index in [-0.39, 0.29) is 16.9 Å². The molecule has 0 unspecified atom stereocenters. The van der Waals surface area contributed by atoms with Gasteiger partial charge in [0, 0.05) is 6.07 Å². The van der Waals surface area contributed by atoms with Crippen molar-refractivity contribution >= 4 is 23.0 Å². The smallest absolute Gasteiger partial charge is 0.449 e. The molecular weight excluding hydrogens is 531 g/mol. The van der Waals surface area contributed by atoms with E-state index in [9.17, 15) is 27.6 Å². The molecule has 1 heterocycles. The number of esters is 1. The molecule has 0 saturated heterocycles. The van der Waals surface area contributed by atoms with Crippen molar-refractivity contribution in [3.8, 4) is 17.2 Å². The highest BCUT2D eigenvalue weighted by Crippen LogP contribution is 2.38. The monoisotopic (exact) mass is 555 g/mol. The Labute approximate surface area is 226 Å². The summed E-state index contributed by atoms with van der Waals surface area (Å²) in [5.41, 5.74) is -2.03. The third kappa shape index (κ3) is 6.79. The van der Waals surface area contributed by atoms with Crippen LogP contribution in [0.4, 0.5) is 18.0 Å². The molecule has 0 spiro atoms. The number of rotatable bonds is 6. The molecule has 0 radical (unpaired) electrons. The maximum atomic E-state index is 13.9. The van der Waals surface area contributed by atoms with Crippen LogP contribution in [0, 0.1) is 0 Å². The second-order valence-corrected chi connectivity index (χ2v) is 9.57. The summed E-state index contributed by atoms with van der Waals surface area (Å²) in [5, 5.41) is 2.21. The zero-order valence-corrected chi connectivity index (χ0v) is 21.6. The highest BCUT2D eigenvalue weighted by atomic mass is 19.4. The number of carbonyl (C=O) groups excluding carboxylic acids is 2. The number of alkyl carbamates (subject to hydrolysis) is 1. The third-order valence-corrected chi connectivity index (χ3v) is 5.29. The SMILES string of the molecule is CC(C)(C)OC(=O)N[C@@H](C(=O)Oc1ccc2c(=O)c(Oc3ccccc3)c(C(F)(F)F)oc2c1)c1ccccc1. The number of alkyl halides is 3. The van der Waals surface area contributed by atoms with E-state index in [1.165, 1.54) is 30.3 Å². The van der Waals surface area contributed by atoms with Gasteiger partial charge in [-0.3, -0.25) is 4.79 Å². The Morgan fingerprint density at radius 1 is 0.875 bits per heavy atom.